The zero-order valence-electron chi connectivity index (χ0n) is 26.2. The van der Waals surface area contributed by atoms with Gasteiger partial charge in [0.15, 0.2) is 5.13 Å². The number of ether oxygens (including phenoxy) is 1. The number of para-hydroxylation sites is 1. The molecule has 0 fully saturated rings. The Morgan fingerprint density at radius 1 is 0.872 bits per heavy atom. The number of thioether (sulfide) groups is 1. The van der Waals surface area contributed by atoms with Gasteiger partial charge in [0.1, 0.15) is 11.4 Å². The average Bonchev–Trinajstić information content (AvgIpc) is 3.56. The summed E-state index contributed by atoms with van der Waals surface area (Å²) in [5, 5.41) is 10.9. The van der Waals surface area contributed by atoms with Gasteiger partial charge in [0.2, 0.25) is 5.91 Å². The van der Waals surface area contributed by atoms with Crippen molar-refractivity contribution in [3.63, 3.8) is 0 Å². The second kappa shape index (κ2) is 15.9. The fraction of sp³-hybridized carbons (Fsp3) is 0.135. The van der Waals surface area contributed by atoms with E-state index >= 15 is 0 Å². The fourth-order valence-electron chi connectivity index (χ4n) is 4.53. The molecule has 1 heterocycles. The van der Waals surface area contributed by atoms with Crippen LogP contribution in [0.3, 0.4) is 0 Å². The topological polar surface area (TPSA) is 109 Å². The molecule has 238 valence electrons. The minimum absolute atomic E-state index is 0.113. The Kier molecular flexibility index (Phi) is 11.2. The molecule has 8 nitrogen and oxygen atoms in total. The zero-order chi connectivity index (χ0) is 33.2. The number of amides is 3. The van der Waals surface area contributed by atoms with Gasteiger partial charge in [0, 0.05) is 27.1 Å². The molecule has 10 heteroatoms. The standard InChI is InChI=1S/C37H34N4O4S2/c1-24(2)26-15-13-25(14-16-26)21-31(39-35(43)27-9-5-4-6-10-27)36(44)38-28-17-19-29(20-18-28)46-23-34(42)41-37-40-32(22-47-37)30-11-7-8-12-33(30)45-3/h4-22,24H,23H2,1-3H3,(H,38,44)(H,39,43)(H,40,41,42)/b31-21-. The van der Waals surface area contributed by atoms with Crippen molar-refractivity contribution in [3.05, 3.63) is 131 Å². The van der Waals surface area contributed by atoms with Crippen LogP contribution in [-0.2, 0) is 9.59 Å². The lowest BCUT2D eigenvalue weighted by molar-refractivity contribution is -0.114. The smallest absolute Gasteiger partial charge is 0.272 e. The van der Waals surface area contributed by atoms with E-state index in [4.69, 9.17) is 4.74 Å². The highest BCUT2D eigenvalue weighted by molar-refractivity contribution is 8.00. The molecule has 0 saturated carbocycles. The van der Waals surface area contributed by atoms with Crippen LogP contribution in [0.1, 0.15) is 41.3 Å². The molecule has 0 radical (unpaired) electrons. The molecule has 0 unspecified atom stereocenters. The zero-order valence-corrected chi connectivity index (χ0v) is 27.8. The Morgan fingerprint density at radius 2 is 1.57 bits per heavy atom. The summed E-state index contributed by atoms with van der Waals surface area (Å²) in [5.41, 5.74) is 4.65. The number of benzene rings is 4. The summed E-state index contributed by atoms with van der Waals surface area (Å²) in [6.07, 6.45) is 1.66. The van der Waals surface area contributed by atoms with Gasteiger partial charge in [0.25, 0.3) is 11.8 Å². The van der Waals surface area contributed by atoms with Gasteiger partial charge in [-0.25, -0.2) is 4.98 Å². The van der Waals surface area contributed by atoms with Gasteiger partial charge in [-0.2, -0.15) is 0 Å². The maximum absolute atomic E-state index is 13.4. The first-order chi connectivity index (χ1) is 22.8. The van der Waals surface area contributed by atoms with E-state index in [2.05, 4.69) is 34.8 Å². The van der Waals surface area contributed by atoms with Crippen molar-refractivity contribution in [1.82, 2.24) is 10.3 Å². The Labute approximate surface area is 282 Å². The van der Waals surface area contributed by atoms with Crippen LogP contribution in [0.5, 0.6) is 5.75 Å². The Morgan fingerprint density at radius 3 is 2.28 bits per heavy atom. The van der Waals surface area contributed by atoms with Crippen molar-refractivity contribution in [2.45, 2.75) is 24.7 Å². The van der Waals surface area contributed by atoms with Crippen LogP contribution < -0.4 is 20.7 Å². The third kappa shape index (κ3) is 9.18. The molecule has 0 aliphatic carbocycles. The second-order valence-electron chi connectivity index (χ2n) is 10.8. The van der Waals surface area contributed by atoms with Gasteiger partial charge < -0.3 is 20.7 Å². The Bertz CT molecular complexity index is 1870. The van der Waals surface area contributed by atoms with Crippen molar-refractivity contribution in [2.75, 3.05) is 23.5 Å². The predicted octanol–water partition coefficient (Wildman–Crippen LogP) is 8.08. The molecular weight excluding hydrogens is 629 g/mol. The van der Waals surface area contributed by atoms with Gasteiger partial charge in [-0.3, -0.25) is 14.4 Å². The molecule has 0 atom stereocenters. The molecular formula is C37H34N4O4S2. The number of methoxy groups -OCH3 is 1. The molecule has 47 heavy (non-hydrogen) atoms. The predicted molar refractivity (Wildman–Crippen MR) is 191 cm³/mol. The lowest BCUT2D eigenvalue weighted by Gasteiger charge is -2.12. The first-order valence-corrected chi connectivity index (χ1v) is 16.8. The molecule has 0 saturated heterocycles. The van der Waals surface area contributed by atoms with Gasteiger partial charge in [-0.1, -0.05) is 68.4 Å². The molecule has 4 aromatic carbocycles. The van der Waals surface area contributed by atoms with Crippen LogP contribution in [0, 0.1) is 0 Å². The number of nitrogens with one attached hydrogen (secondary N) is 3. The van der Waals surface area contributed by atoms with Crippen molar-refractivity contribution in [1.29, 1.82) is 0 Å². The van der Waals surface area contributed by atoms with Crippen LogP contribution in [0.25, 0.3) is 17.3 Å². The highest BCUT2D eigenvalue weighted by atomic mass is 32.2. The molecule has 5 aromatic rings. The number of carbonyl (C=O) groups is 3. The minimum Gasteiger partial charge on any atom is -0.496 e. The molecule has 1 aromatic heterocycles. The van der Waals surface area contributed by atoms with Crippen LogP contribution in [0.4, 0.5) is 10.8 Å². The minimum atomic E-state index is -0.460. The van der Waals surface area contributed by atoms with Crippen molar-refractivity contribution < 1.29 is 19.1 Å². The molecule has 3 amide bonds. The van der Waals surface area contributed by atoms with Crippen molar-refractivity contribution in [3.8, 4) is 17.0 Å². The first kappa shape index (κ1) is 33.2. The number of thiazole rings is 1. The maximum Gasteiger partial charge on any atom is 0.272 e. The van der Waals surface area contributed by atoms with Gasteiger partial charge in [-0.15, -0.1) is 23.1 Å². The normalized spacial score (nSPS) is 11.2. The van der Waals surface area contributed by atoms with Crippen LogP contribution >= 0.6 is 23.1 Å². The van der Waals surface area contributed by atoms with Gasteiger partial charge in [0.05, 0.1) is 18.6 Å². The quantitative estimate of drug-likeness (QED) is 0.0921. The fourth-order valence-corrected chi connectivity index (χ4v) is 5.96. The molecule has 0 aliphatic heterocycles. The van der Waals surface area contributed by atoms with Gasteiger partial charge >= 0.3 is 0 Å². The third-order valence-electron chi connectivity index (χ3n) is 7.06. The van der Waals surface area contributed by atoms with E-state index < -0.39 is 5.91 Å². The van der Waals surface area contributed by atoms with E-state index in [0.29, 0.717) is 28.0 Å². The monoisotopic (exact) mass is 662 g/mol. The summed E-state index contributed by atoms with van der Waals surface area (Å²) in [7, 11) is 1.61. The Balaban J connectivity index is 1.20. The van der Waals surface area contributed by atoms with E-state index in [9.17, 15) is 14.4 Å². The third-order valence-corrected chi connectivity index (χ3v) is 8.83. The lowest BCUT2D eigenvalue weighted by atomic mass is 10.0. The van der Waals surface area contributed by atoms with E-state index in [0.717, 1.165) is 21.7 Å². The summed E-state index contributed by atoms with van der Waals surface area (Å²) in [4.78, 5) is 44.4. The summed E-state index contributed by atoms with van der Waals surface area (Å²) >= 11 is 2.71. The van der Waals surface area contributed by atoms with Crippen molar-refractivity contribution >= 4 is 57.7 Å². The summed E-state index contributed by atoms with van der Waals surface area (Å²) in [6.45, 7) is 4.23. The number of anilines is 2. The van der Waals surface area contributed by atoms with E-state index in [1.807, 2.05) is 72.1 Å². The average molecular weight is 663 g/mol. The highest BCUT2D eigenvalue weighted by Crippen LogP contribution is 2.32. The van der Waals surface area contributed by atoms with Crippen LogP contribution in [0.2, 0.25) is 0 Å². The summed E-state index contributed by atoms with van der Waals surface area (Å²) in [5.74, 6) is 0.247. The Hall–Kier alpha value is -5.19. The molecule has 0 bridgehead atoms. The molecule has 3 N–H and O–H groups in total. The number of nitrogens with zero attached hydrogens (tertiary/aromatic N) is 1. The molecule has 0 spiro atoms. The maximum atomic E-state index is 13.4. The highest BCUT2D eigenvalue weighted by Gasteiger charge is 2.16. The lowest BCUT2D eigenvalue weighted by Crippen LogP contribution is -2.30. The summed E-state index contributed by atoms with van der Waals surface area (Å²) < 4.78 is 5.42. The molecule has 0 aliphatic rings. The van der Waals surface area contributed by atoms with Crippen LogP contribution in [0.15, 0.2) is 119 Å². The second-order valence-corrected chi connectivity index (χ2v) is 12.7. The van der Waals surface area contributed by atoms with Crippen LogP contribution in [-0.4, -0.2) is 35.6 Å². The number of hydrogen-bond acceptors (Lipinski definition) is 7. The number of carbonyl (C=O) groups excluding carboxylic acids is 3. The summed E-state index contributed by atoms with van der Waals surface area (Å²) in [6, 6.07) is 31.4. The SMILES string of the molecule is COc1ccccc1-c1csc(NC(=O)CSc2ccc(NC(=O)/C(=C/c3ccc(C(C)C)cc3)NC(=O)c3ccccc3)cc2)n1. The van der Waals surface area contributed by atoms with E-state index in [1.165, 1.54) is 28.7 Å². The van der Waals surface area contributed by atoms with E-state index in [1.54, 1.807) is 49.6 Å². The largest absolute Gasteiger partial charge is 0.496 e. The van der Waals surface area contributed by atoms with Gasteiger partial charge in [-0.05, 0) is 71.7 Å². The molecule has 5 rings (SSSR count). The van der Waals surface area contributed by atoms with Crippen molar-refractivity contribution in [2.24, 2.45) is 0 Å². The van der Waals surface area contributed by atoms with E-state index in [-0.39, 0.29) is 23.3 Å². The number of hydrogen-bond donors (Lipinski definition) is 3. The number of rotatable bonds is 12. The number of aromatic nitrogens is 1. The first-order valence-electron chi connectivity index (χ1n) is 14.9.